The average Bonchev–Trinajstić information content (AvgIpc) is 2.51. The first-order chi connectivity index (χ1) is 11.3. The van der Waals surface area contributed by atoms with Gasteiger partial charge in [0.05, 0.1) is 5.56 Å². The van der Waals surface area contributed by atoms with Crippen molar-refractivity contribution in [1.82, 2.24) is 0 Å². The van der Waals surface area contributed by atoms with Gasteiger partial charge in [-0.05, 0) is 43.2 Å². The van der Waals surface area contributed by atoms with E-state index in [0.29, 0.717) is 15.4 Å². The topological polar surface area (TPSA) is 40.5 Å². The van der Waals surface area contributed by atoms with Crippen molar-refractivity contribution in [3.63, 3.8) is 0 Å². The number of hydrogen-bond donors (Lipinski definition) is 2. The van der Waals surface area contributed by atoms with Gasteiger partial charge >= 0.3 is 6.18 Å². The maximum absolute atomic E-state index is 13.5. The maximum atomic E-state index is 13.5. The number of aliphatic hydroxyl groups is 2. The standard InChI is InChI=1S/C17H14F4O2S/c18-11-3-4-12-15(9-11)24-14-5-2-10(17(19,20)21)8-13(14)16(12,23)6-1-7-22/h2-5,8-9,22-23H,1,6-7H2. The molecule has 1 atom stereocenters. The van der Waals surface area contributed by atoms with E-state index in [2.05, 4.69) is 0 Å². The van der Waals surface area contributed by atoms with Gasteiger partial charge in [-0.2, -0.15) is 13.2 Å². The monoisotopic (exact) mass is 358 g/mol. The molecule has 0 saturated carbocycles. The summed E-state index contributed by atoms with van der Waals surface area (Å²) in [6.45, 7) is -0.208. The highest BCUT2D eigenvalue weighted by molar-refractivity contribution is 7.99. The molecule has 0 amide bonds. The van der Waals surface area contributed by atoms with E-state index in [9.17, 15) is 22.7 Å². The molecule has 24 heavy (non-hydrogen) atoms. The van der Waals surface area contributed by atoms with Crippen LogP contribution in [0.3, 0.4) is 0 Å². The Morgan fingerprint density at radius 2 is 1.75 bits per heavy atom. The Morgan fingerprint density at radius 1 is 1.00 bits per heavy atom. The second-order valence-electron chi connectivity index (χ2n) is 5.64. The van der Waals surface area contributed by atoms with Crippen molar-refractivity contribution in [3.05, 3.63) is 58.9 Å². The smallest absolute Gasteiger partial charge is 0.396 e. The molecule has 128 valence electrons. The third-order valence-electron chi connectivity index (χ3n) is 4.06. The van der Waals surface area contributed by atoms with E-state index in [4.69, 9.17) is 5.11 Å². The molecule has 0 saturated heterocycles. The number of benzene rings is 2. The van der Waals surface area contributed by atoms with Crippen LogP contribution in [0.25, 0.3) is 0 Å². The summed E-state index contributed by atoms with van der Waals surface area (Å²) in [7, 11) is 0. The van der Waals surface area contributed by atoms with Gasteiger partial charge in [-0.15, -0.1) is 0 Å². The Bertz CT molecular complexity index is 776. The Morgan fingerprint density at radius 3 is 2.42 bits per heavy atom. The SMILES string of the molecule is OCCCC1(O)c2ccc(F)cc2Sc2ccc(C(F)(F)F)cc21. The van der Waals surface area contributed by atoms with Crippen molar-refractivity contribution in [1.29, 1.82) is 0 Å². The normalized spacial score (nSPS) is 19.8. The van der Waals surface area contributed by atoms with Crippen molar-refractivity contribution >= 4 is 11.8 Å². The Balaban J connectivity index is 2.19. The Kier molecular flexibility index (Phi) is 4.36. The number of alkyl halides is 3. The molecular weight excluding hydrogens is 344 g/mol. The van der Waals surface area contributed by atoms with Crippen LogP contribution in [-0.2, 0) is 11.8 Å². The first-order valence-corrected chi connectivity index (χ1v) is 8.10. The summed E-state index contributed by atoms with van der Waals surface area (Å²) in [5.41, 5.74) is -2.06. The molecule has 1 aliphatic rings. The highest BCUT2D eigenvalue weighted by Gasteiger charge is 2.41. The van der Waals surface area contributed by atoms with Gasteiger partial charge in [0.2, 0.25) is 0 Å². The molecule has 2 aromatic carbocycles. The lowest BCUT2D eigenvalue weighted by atomic mass is 9.81. The second kappa shape index (κ2) is 6.06. The van der Waals surface area contributed by atoms with Crippen LogP contribution in [-0.4, -0.2) is 16.8 Å². The average molecular weight is 358 g/mol. The minimum atomic E-state index is -4.53. The zero-order valence-corrected chi connectivity index (χ0v) is 13.2. The lowest BCUT2D eigenvalue weighted by Gasteiger charge is -2.36. The molecule has 1 aliphatic heterocycles. The van der Waals surface area contributed by atoms with E-state index in [0.717, 1.165) is 23.9 Å². The minimum Gasteiger partial charge on any atom is -0.396 e. The van der Waals surface area contributed by atoms with E-state index in [1.165, 1.54) is 24.3 Å². The minimum absolute atomic E-state index is 0.0387. The predicted octanol–water partition coefficient (Wildman–Crippen LogP) is 4.32. The van der Waals surface area contributed by atoms with Gasteiger partial charge in [0.25, 0.3) is 0 Å². The molecule has 1 unspecified atom stereocenters. The van der Waals surface area contributed by atoms with E-state index < -0.39 is 23.2 Å². The van der Waals surface area contributed by atoms with Crippen molar-refractivity contribution < 1.29 is 27.8 Å². The fourth-order valence-corrected chi connectivity index (χ4v) is 4.14. The fraction of sp³-hybridized carbons (Fsp3) is 0.294. The quantitative estimate of drug-likeness (QED) is 0.803. The van der Waals surface area contributed by atoms with E-state index in [-0.39, 0.29) is 25.0 Å². The molecule has 1 heterocycles. The number of halogens is 4. The van der Waals surface area contributed by atoms with Crippen LogP contribution in [0, 0.1) is 5.82 Å². The van der Waals surface area contributed by atoms with Crippen LogP contribution in [0.2, 0.25) is 0 Å². The van der Waals surface area contributed by atoms with Crippen molar-refractivity contribution in [2.45, 2.75) is 34.4 Å². The highest BCUT2D eigenvalue weighted by Crippen LogP contribution is 2.51. The molecule has 7 heteroatoms. The Labute approximate surface area is 140 Å². The van der Waals surface area contributed by atoms with Gasteiger partial charge in [0.1, 0.15) is 11.4 Å². The van der Waals surface area contributed by atoms with Crippen molar-refractivity contribution in [2.24, 2.45) is 0 Å². The van der Waals surface area contributed by atoms with Crippen molar-refractivity contribution in [3.8, 4) is 0 Å². The molecule has 2 nitrogen and oxygen atoms in total. The van der Waals surface area contributed by atoms with Crippen LogP contribution >= 0.6 is 11.8 Å². The summed E-state index contributed by atoms with van der Waals surface area (Å²) in [6.07, 6.45) is -4.29. The predicted molar refractivity (Wildman–Crippen MR) is 81.3 cm³/mol. The lowest BCUT2D eigenvalue weighted by molar-refractivity contribution is -0.137. The van der Waals surface area contributed by atoms with Crippen molar-refractivity contribution in [2.75, 3.05) is 6.61 Å². The number of hydrogen-bond acceptors (Lipinski definition) is 3. The van der Waals surface area contributed by atoms with Gasteiger partial charge in [-0.25, -0.2) is 4.39 Å². The summed E-state index contributed by atoms with van der Waals surface area (Å²) < 4.78 is 52.6. The number of fused-ring (bicyclic) bond motifs is 2. The van der Waals surface area contributed by atoms with Gasteiger partial charge in [-0.3, -0.25) is 0 Å². The lowest BCUT2D eigenvalue weighted by Crippen LogP contribution is -2.31. The largest absolute Gasteiger partial charge is 0.416 e. The highest BCUT2D eigenvalue weighted by atomic mass is 32.2. The van der Waals surface area contributed by atoms with E-state index >= 15 is 0 Å². The summed E-state index contributed by atoms with van der Waals surface area (Å²) in [4.78, 5) is 0.907. The number of rotatable bonds is 3. The summed E-state index contributed by atoms with van der Waals surface area (Å²) in [6, 6.07) is 6.99. The third kappa shape index (κ3) is 2.92. The van der Waals surface area contributed by atoms with E-state index in [1.807, 2.05) is 0 Å². The molecular formula is C17H14F4O2S. The van der Waals surface area contributed by atoms with Crippen LogP contribution in [0.1, 0.15) is 29.5 Å². The summed E-state index contributed by atoms with van der Waals surface area (Å²) in [5.74, 6) is -0.485. The van der Waals surface area contributed by atoms with Gasteiger partial charge < -0.3 is 10.2 Å². The molecule has 0 aromatic heterocycles. The summed E-state index contributed by atoms with van der Waals surface area (Å²) >= 11 is 1.12. The third-order valence-corrected chi connectivity index (χ3v) is 5.19. The molecule has 0 aliphatic carbocycles. The molecule has 0 fully saturated rings. The van der Waals surface area contributed by atoms with Gasteiger partial charge in [0, 0.05) is 27.5 Å². The first-order valence-electron chi connectivity index (χ1n) is 7.28. The number of aliphatic hydroxyl groups excluding tert-OH is 1. The summed E-state index contributed by atoms with van der Waals surface area (Å²) in [5, 5.41) is 20.3. The van der Waals surface area contributed by atoms with Crippen LogP contribution in [0.5, 0.6) is 0 Å². The zero-order chi connectivity index (χ0) is 17.5. The molecule has 0 bridgehead atoms. The second-order valence-corrected chi connectivity index (χ2v) is 6.72. The van der Waals surface area contributed by atoms with Crippen LogP contribution < -0.4 is 0 Å². The first kappa shape index (κ1) is 17.3. The molecule has 0 spiro atoms. The van der Waals surface area contributed by atoms with Gasteiger partial charge in [0.15, 0.2) is 0 Å². The fourth-order valence-electron chi connectivity index (χ4n) is 2.91. The van der Waals surface area contributed by atoms with Crippen LogP contribution in [0.4, 0.5) is 17.6 Å². The molecule has 3 rings (SSSR count). The van der Waals surface area contributed by atoms with Gasteiger partial charge in [-0.1, -0.05) is 17.8 Å². The zero-order valence-electron chi connectivity index (χ0n) is 12.4. The molecule has 2 aromatic rings. The molecule has 2 N–H and O–H groups in total. The maximum Gasteiger partial charge on any atom is 0.416 e. The molecule has 0 radical (unpaired) electrons. The van der Waals surface area contributed by atoms with Crippen LogP contribution in [0.15, 0.2) is 46.2 Å². The van der Waals surface area contributed by atoms with E-state index in [1.54, 1.807) is 0 Å². The Hall–Kier alpha value is -1.57.